The molecule has 1 unspecified atom stereocenters. The van der Waals surface area contributed by atoms with Crippen molar-refractivity contribution < 1.29 is 15.1 Å². The number of hydrogen-bond acceptors (Lipinski definition) is 4. The van der Waals surface area contributed by atoms with Gasteiger partial charge < -0.3 is 10.2 Å². The second-order valence-corrected chi connectivity index (χ2v) is 2.97. The molecule has 0 radical (unpaired) electrons. The molecule has 0 aliphatic heterocycles. The Kier molecular flexibility index (Phi) is 3.41. The van der Waals surface area contributed by atoms with Gasteiger partial charge in [-0.25, -0.2) is 0 Å². The second kappa shape index (κ2) is 3.64. The van der Waals surface area contributed by atoms with E-state index in [-0.39, 0.29) is 13.0 Å². The Labute approximate surface area is 64.8 Å². The van der Waals surface area contributed by atoms with E-state index in [9.17, 15) is 15.2 Å². The summed E-state index contributed by atoms with van der Waals surface area (Å²) in [7, 11) is 0. The van der Waals surface area contributed by atoms with Gasteiger partial charge in [-0.15, -0.1) is 0 Å². The van der Waals surface area contributed by atoms with E-state index in [1.54, 1.807) is 0 Å². The summed E-state index contributed by atoms with van der Waals surface area (Å²) >= 11 is 0. The molecule has 5 nitrogen and oxygen atoms in total. The van der Waals surface area contributed by atoms with E-state index >= 15 is 0 Å². The topological polar surface area (TPSA) is 83.6 Å². The number of nitro groups is 1. The monoisotopic (exact) mass is 163 g/mol. The Morgan fingerprint density at radius 1 is 1.64 bits per heavy atom. The van der Waals surface area contributed by atoms with E-state index in [0.717, 1.165) is 0 Å². The summed E-state index contributed by atoms with van der Waals surface area (Å²) in [4.78, 5) is 9.70. The third-order valence-corrected chi connectivity index (χ3v) is 1.47. The maximum atomic E-state index is 10.3. The van der Waals surface area contributed by atoms with Crippen LogP contribution in [0.1, 0.15) is 20.3 Å². The lowest BCUT2D eigenvalue weighted by Gasteiger charge is -2.20. The van der Waals surface area contributed by atoms with E-state index in [1.165, 1.54) is 13.8 Å². The first-order valence-corrected chi connectivity index (χ1v) is 3.36. The van der Waals surface area contributed by atoms with Crippen LogP contribution in [-0.4, -0.2) is 33.4 Å². The molecule has 0 aliphatic carbocycles. The molecule has 11 heavy (non-hydrogen) atoms. The fourth-order valence-corrected chi connectivity index (χ4v) is 0.839. The van der Waals surface area contributed by atoms with Gasteiger partial charge in [-0.3, -0.25) is 10.1 Å². The third kappa shape index (κ3) is 3.29. The molecule has 0 aromatic carbocycles. The minimum atomic E-state index is -1.37. The van der Waals surface area contributed by atoms with Gasteiger partial charge in [0, 0.05) is 18.0 Å². The largest absolute Gasteiger partial charge is 0.396 e. The van der Waals surface area contributed by atoms with E-state index < -0.39 is 16.6 Å². The molecule has 0 aromatic rings. The zero-order valence-electron chi connectivity index (χ0n) is 6.65. The van der Waals surface area contributed by atoms with Crippen molar-refractivity contribution in [3.8, 4) is 0 Å². The molecule has 0 spiro atoms. The molecule has 0 bridgehead atoms. The van der Waals surface area contributed by atoms with Crippen molar-refractivity contribution in [3.05, 3.63) is 10.1 Å². The third-order valence-electron chi connectivity index (χ3n) is 1.47. The van der Waals surface area contributed by atoms with Crippen molar-refractivity contribution in [1.82, 2.24) is 0 Å². The summed E-state index contributed by atoms with van der Waals surface area (Å²) in [5.41, 5.74) is -1.37. The van der Waals surface area contributed by atoms with Gasteiger partial charge >= 0.3 is 0 Å². The Bertz CT molecular complexity index is 140. The molecule has 5 heteroatoms. The zero-order valence-corrected chi connectivity index (χ0v) is 6.65. The van der Waals surface area contributed by atoms with E-state index in [2.05, 4.69) is 0 Å². The van der Waals surface area contributed by atoms with Crippen LogP contribution >= 0.6 is 0 Å². The first kappa shape index (κ1) is 10.3. The second-order valence-electron chi connectivity index (χ2n) is 2.97. The van der Waals surface area contributed by atoms with Crippen molar-refractivity contribution in [2.75, 3.05) is 6.61 Å². The number of rotatable bonds is 4. The van der Waals surface area contributed by atoms with Crippen molar-refractivity contribution in [2.24, 2.45) is 0 Å². The molecule has 0 rings (SSSR count). The van der Waals surface area contributed by atoms with E-state index in [4.69, 9.17) is 5.11 Å². The summed E-state index contributed by atoms with van der Waals surface area (Å²) in [5.74, 6) is 0. The first-order valence-electron chi connectivity index (χ1n) is 3.36. The molecule has 0 amide bonds. The normalized spacial score (nSPS) is 14.5. The Morgan fingerprint density at radius 3 is 2.18 bits per heavy atom. The van der Waals surface area contributed by atoms with Gasteiger partial charge in [0.05, 0.1) is 0 Å². The smallest absolute Gasteiger partial charge is 0.242 e. The highest BCUT2D eigenvalue weighted by Crippen LogP contribution is 2.14. The molecular weight excluding hydrogens is 150 g/mol. The number of nitrogens with zero attached hydrogens (tertiary/aromatic N) is 1. The van der Waals surface area contributed by atoms with E-state index in [0.29, 0.717) is 0 Å². The van der Waals surface area contributed by atoms with Gasteiger partial charge in [-0.05, 0) is 13.8 Å². The van der Waals surface area contributed by atoms with Crippen molar-refractivity contribution in [2.45, 2.75) is 31.9 Å². The highest BCUT2D eigenvalue weighted by atomic mass is 16.6. The van der Waals surface area contributed by atoms with Gasteiger partial charge in [-0.1, -0.05) is 0 Å². The van der Waals surface area contributed by atoms with Crippen LogP contribution in [0.15, 0.2) is 0 Å². The van der Waals surface area contributed by atoms with Gasteiger partial charge in [0.2, 0.25) is 6.04 Å². The predicted molar refractivity (Wildman–Crippen MR) is 38.8 cm³/mol. The minimum Gasteiger partial charge on any atom is -0.396 e. The van der Waals surface area contributed by atoms with Crippen LogP contribution in [-0.2, 0) is 0 Å². The van der Waals surface area contributed by atoms with Crippen LogP contribution in [0.5, 0.6) is 0 Å². The molecule has 0 aromatic heterocycles. The quantitative estimate of drug-likeness (QED) is 0.443. The number of hydrogen-bond donors (Lipinski definition) is 2. The summed E-state index contributed by atoms with van der Waals surface area (Å²) in [6.45, 7) is 2.43. The number of aliphatic hydroxyl groups is 2. The van der Waals surface area contributed by atoms with Crippen LogP contribution in [0.3, 0.4) is 0 Å². The zero-order chi connectivity index (χ0) is 9.07. The first-order chi connectivity index (χ1) is 4.89. The van der Waals surface area contributed by atoms with Crippen molar-refractivity contribution >= 4 is 0 Å². The molecule has 66 valence electrons. The standard InChI is InChI=1S/C6H13NO4/c1-6(2,9)5(3-4-8)7(10)11/h5,8-9H,3-4H2,1-2H3. The summed E-state index contributed by atoms with van der Waals surface area (Å²) in [5, 5.41) is 27.9. The molecule has 0 saturated heterocycles. The lowest BCUT2D eigenvalue weighted by Crippen LogP contribution is -2.42. The maximum Gasteiger partial charge on any atom is 0.242 e. The lowest BCUT2D eigenvalue weighted by molar-refractivity contribution is -0.544. The summed E-state index contributed by atoms with van der Waals surface area (Å²) < 4.78 is 0. The molecule has 0 saturated carbocycles. The number of aliphatic hydroxyl groups excluding tert-OH is 1. The van der Waals surface area contributed by atoms with Crippen LogP contribution < -0.4 is 0 Å². The molecule has 1 atom stereocenters. The van der Waals surface area contributed by atoms with Crippen molar-refractivity contribution in [1.29, 1.82) is 0 Å². The van der Waals surface area contributed by atoms with Crippen LogP contribution in [0.25, 0.3) is 0 Å². The van der Waals surface area contributed by atoms with Gasteiger partial charge in [0.15, 0.2) is 0 Å². The van der Waals surface area contributed by atoms with Gasteiger partial charge in [-0.2, -0.15) is 0 Å². The highest BCUT2D eigenvalue weighted by Gasteiger charge is 2.36. The average Bonchev–Trinajstić information content (AvgIpc) is 1.79. The molecular formula is C6H13NO4. The van der Waals surface area contributed by atoms with E-state index in [1.807, 2.05) is 0 Å². The highest BCUT2D eigenvalue weighted by molar-refractivity contribution is 4.76. The molecule has 2 N–H and O–H groups in total. The molecule has 0 fully saturated rings. The Morgan fingerprint density at radius 2 is 2.09 bits per heavy atom. The van der Waals surface area contributed by atoms with Gasteiger partial charge in [0.25, 0.3) is 0 Å². The SMILES string of the molecule is CC(C)(O)C(CCO)[N+](=O)[O-]. The molecule has 0 aliphatic rings. The Hall–Kier alpha value is -0.680. The Balaban J connectivity index is 4.22. The van der Waals surface area contributed by atoms with Crippen LogP contribution in [0, 0.1) is 10.1 Å². The van der Waals surface area contributed by atoms with Crippen molar-refractivity contribution in [3.63, 3.8) is 0 Å². The van der Waals surface area contributed by atoms with Crippen LogP contribution in [0.2, 0.25) is 0 Å². The fraction of sp³-hybridized carbons (Fsp3) is 1.00. The van der Waals surface area contributed by atoms with Crippen LogP contribution in [0.4, 0.5) is 0 Å². The minimum absolute atomic E-state index is 0.0174. The lowest BCUT2D eigenvalue weighted by atomic mass is 9.97. The van der Waals surface area contributed by atoms with Gasteiger partial charge in [0.1, 0.15) is 5.60 Å². The maximum absolute atomic E-state index is 10.3. The summed E-state index contributed by atoms with van der Waals surface area (Å²) in [6, 6.07) is -1.09. The fourth-order valence-electron chi connectivity index (χ4n) is 0.839. The summed E-state index contributed by atoms with van der Waals surface area (Å²) in [6.07, 6.45) is -0.0174. The predicted octanol–water partition coefficient (Wildman–Crippen LogP) is -0.215. The average molecular weight is 163 g/mol. The molecule has 0 heterocycles.